The summed E-state index contributed by atoms with van der Waals surface area (Å²) in [5, 5.41) is 37.4. The summed E-state index contributed by atoms with van der Waals surface area (Å²) in [6.07, 6.45) is 3.90. The van der Waals surface area contributed by atoms with Crippen molar-refractivity contribution in [2.75, 3.05) is 32.7 Å². The minimum atomic E-state index is -1.62. The molecule has 0 spiro atoms. The first-order chi connectivity index (χ1) is 14.4. The van der Waals surface area contributed by atoms with E-state index in [4.69, 9.17) is 16.9 Å². The predicted octanol–water partition coefficient (Wildman–Crippen LogP) is -1.56. The maximum absolute atomic E-state index is 11.8. The number of nitrogens with one attached hydrogen (secondary N) is 5. The normalized spacial score (nSPS) is 12.8. The molecule has 0 fully saturated rings. The molecule has 0 aliphatic carbocycles. The lowest BCUT2D eigenvalue weighted by atomic mass is 10.1. The zero-order valence-electron chi connectivity index (χ0n) is 17.9. The molecule has 11 heteroatoms. The molecule has 0 aromatic heterocycles. The van der Waals surface area contributed by atoms with Crippen LogP contribution in [-0.4, -0.2) is 73.0 Å². The molecule has 0 radical (unpaired) electrons. The molecular weight excluding hydrogens is 390 g/mol. The van der Waals surface area contributed by atoms with Gasteiger partial charge in [-0.05, 0) is 51.7 Å². The van der Waals surface area contributed by atoms with Gasteiger partial charge >= 0.3 is 0 Å². The molecule has 0 saturated heterocycles. The molecule has 11 N–H and O–H groups in total. The van der Waals surface area contributed by atoms with Crippen LogP contribution in [0.2, 0.25) is 0 Å². The van der Waals surface area contributed by atoms with Crippen molar-refractivity contribution in [2.45, 2.75) is 70.1 Å². The van der Waals surface area contributed by atoms with Crippen LogP contribution in [0.3, 0.4) is 0 Å². The number of carbonyl (C=O) groups is 2. The van der Waals surface area contributed by atoms with Crippen LogP contribution < -0.4 is 32.7 Å². The first-order valence-electron chi connectivity index (χ1n) is 10.8. The molecule has 0 saturated carbocycles. The van der Waals surface area contributed by atoms with Crippen molar-refractivity contribution >= 4 is 17.8 Å². The van der Waals surface area contributed by atoms with Gasteiger partial charge in [-0.3, -0.25) is 15.0 Å². The Bertz CT molecular complexity index is 480. The number of hydrogen-bond donors (Lipinski definition) is 9. The molecule has 0 aromatic carbocycles. The van der Waals surface area contributed by atoms with E-state index in [9.17, 15) is 19.8 Å². The highest BCUT2D eigenvalue weighted by atomic mass is 16.3. The quantitative estimate of drug-likeness (QED) is 0.0506. The van der Waals surface area contributed by atoms with Crippen molar-refractivity contribution < 1.29 is 19.8 Å². The Hall–Kier alpha value is -1.95. The highest BCUT2D eigenvalue weighted by Gasteiger charge is 2.18. The van der Waals surface area contributed by atoms with E-state index >= 15 is 0 Å². The van der Waals surface area contributed by atoms with E-state index in [1.54, 1.807) is 0 Å². The summed E-state index contributed by atoms with van der Waals surface area (Å²) in [7, 11) is 0. The third kappa shape index (κ3) is 18.1. The summed E-state index contributed by atoms with van der Waals surface area (Å²) in [6.45, 7) is 3.42. The second-order valence-corrected chi connectivity index (χ2v) is 7.26. The first kappa shape index (κ1) is 28.1. The van der Waals surface area contributed by atoms with Crippen LogP contribution in [0.25, 0.3) is 0 Å². The van der Waals surface area contributed by atoms with Crippen LogP contribution in [0, 0.1) is 5.41 Å². The molecule has 0 aliphatic heterocycles. The molecule has 176 valence electrons. The van der Waals surface area contributed by atoms with Crippen molar-refractivity contribution in [1.29, 1.82) is 5.41 Å². The summed E-state index contributed by atoms with van der Waals surface area (Å²) in [5.41, 5.74) is 10.6. The Morgan fingerprint density at radius 2 is 1.47 bits per heavy atom. The fourth-order valence-electron chi connectivity index (χ4n) is 2.71. The van der Waals surface area contributed by atoms with Crippen LogP contribution in [0.15, 0.2) is 0 Å². The van der Waals surface area contributed by atoms with Crippen LogP contribution in [0.4, 0.5) is 0 Å². The maximum Gasteiger partial charge on any atom is 0.269 e. The van der Waals surface area contributed by atoms with E-state index < -0.39 is 24.1 Å². The fraction of sp³-hybridized carbons (Fsp3) is 0.842. The lowest BCUT2D eigenvalue weighted by Gasteiger charge is -2.15. The molecule has 0 aromatic rings. The molecule has 11 nitrogen and oxygen atoms in total. The van der Waals surface area contributed by atoms with E-state index in [1.165, 1.54) is 0 Å². The third-order valence-corrected chi connectivity index (χ3v) is 4.38. The van der Waals surface area contributed by atoms with Crippen LogP contribution >= 0.6 is 0 Å². The minimum Gasteiger partial charge on any atom is -0.393 e. The van der Waals surface area contributed by atoms with Crippen LogP contribution in [0.1, 0.15) is 57.8 Å². The molecule has 2 amide bonds. The number of aliphatic hydroxyl groups is 2. The SMILES string of the molecule is N=C(N)NCCCCCCC(O)CC(=O)NC(O)C(=O)NCCCCNCCCN. The van der Waals surface area contributed by atoms with Gasteiger partial charge in [0.25, 0.3) is 5.91 Å². The van der Waals surface area contributed by atoms with Gasteiger partial charge in [0.2, 0.25) is 12.1 Å². The van der Waals surface area contributed by atoms with Crippen LogP contribution in [0.5, 0.6) is 0 Å². The van der Waals surface area contributed by atoms with E-state index in [1.807, 2.05) is 0 Å². The van der Waals surface area contributed by atoms with Gasteiger partial charge in [-0.1, -0.05) is 19.3 Å². The average molecular weight is 432 g/mol. The maximum atomic E-state index is 11.8. The molecule has 2 atom stereocenters. The average Bonchev–Trinajstić information content (AvgIpc) is 2.68. The van der Waals surface area contributed by atoms with Gasteiger partial charge in [0, 0.05) is 13.1 Å². The van der Waals surface area contributed by atoms with Crippen molar-refractivity contribution in [3.8, 4) is 0 Å². The number of unbranched alkanes of at least 4 members (excludes halogenated alkanes) is 4. The van der Waals surface area contributed by atoms with E-state index in [-0.39, 0.29) is 12.4 Å². The summed E-state index contributed by atoms with van der Waals surface area (Å²) in [4.78, 5) is 23.6. The number of aliphatic hydroxyl groups excluding tert-OH is 2. The van der Waals surface area contributed by atoms with Gasteiger partial charge in [-0.25, -0.2) is 0 Å². The number of guanidine groups is 1. The second-order valence-electron chi connectivity index (χ2n) is 7.26. The van der Waals surface area contributed by atoms with Gasteiger partial charge in [0.05, 0.1) is 12.5 Å². The lowest BCUT2D eigenvalue weighted by Crippen LogP contribution is -2.47. The summed E-state index contributed by atoms with van der Waals surface area (Å²) < 4.78 is 0. The molecule has 30 heavy (non-hydrogen) atoms. The van der Waals surface area contributed by atoms with Gasteiger partial charge in [-0.15, -0.1) is 0 Å². The van der Waals surface area contributed by atoms with Crippen molar-refractivity contribution in [2.24, 2.45) is 11.5 Å². The largest absolute Gasteiger partial charge is 0.393 e. The molecular formula is C19H41N7O4. The topological polar surface area (TPSA) is 199 Å². The summed E-state index contributed by atoms with van der Waals surface area (Å²) >= 11 is 0. The Morgan fingerprint density at radius 1 is 0.867 bits per heavy atom. The molecule has 0 aliphatic rings. The number of amides is 2. The van der Waals surface area contributed by atoms with E-state index in [2.05, 4.69) is 21.3 Å². The van der Waals surface area contributed by atoms with E-state index in [0.29, 0.717) is 26.1 Å². The van der Waals surface area contributed by atoms with Gasteiger partial charge in [0.1, 0.15) is 0 Å². The number of hydrogen-bond acceptors (Lipinski definition) is 7. The second kappa shape index (κ2) is 19.0. The Balaban J connectivity index is 3.70. The van der Waals surface area contributed by atoms with Crippen molar-refractivity contribution in [3.05, 3.63) is 0 Å². The zero-order chi connectivity index (χ0) is 22.6. The van der Waals surface area contributed by atoms with E-state index in [0.717, 1.165) is 58.0 Å². The standard InChI is InChI=1S/C19H41N7O4/c20-9-7-11-23-10-5-6-12-24-17(29)18(30)26-16(28)14-15(27)8-3-1-2-4-13-25-19(21)22/h15,18,23,27,30H,1-14,20H2,(H,24,29)(H,26,28)(H4,21,22,25). The fourth-order valence-corrected chi connectivity index (χ4v) is 2.71. The third-order valence-electron chi connectivity index (χ3n) is 4.38. The van der Waals surface area contributed by atoms with Crippen LogP contribution in [-0.2, 0) is 9.59 Å². The van der Waals surface area contributed by atoms with Crippen molar-refractivity contribution in [1.82, 2.24) is 21.3 Å². The highest BCUT2D eigenvalue weighted by Crippen LogP contribution is 2.08. The number of nitrogens with two attached hydrogens (primary N) is 2. The van der Waals surface area contributed by atoms with Gasteiger partial charge in [-0.2, -0.15) is 0 Å². The Kier molecular flexibility index (Phi) is 17.8. The smallest absolute Gasteiger partial charge is 0.269 e. The Labute approximate surface area is 179 Å². The first-order valence-corrected chi connectivity index (χ1v) is 10.8. The summed E-state index contributed by atoms with van der Waals surface area (Å²) in [6, 6.07) is 0. The van der Waals surface area contributed by atoms with Gasteiger partial charge < -0.3 is 42.9 Å². The lowest BCUT2D eigenvalue weighted by molar-refractivity contribution is -0.137. The molecule has 0 heterocycles. The summed E-state index contributed by atoms with van der Waals surface area (Å²) in [5.74, 6) is -1.27. The minimum absolute atomic E-state index is 0.0429. The highest BCUT2D eigenvalue weighted by molar-refractivity contribution is 5.86. The van der Waals surface area contributed by atoms with Crippen molar-refractivity contribution in [3.63, 3.8) is 0 Å². The molecule has 0 bridgehead atoms. The van der Waals surface area contributed by atoms with Gasteiger partial charge in [0.15, 0.2) is 5.96 Å². The predicted molar refractivity (Wildman–Crippen MR) is 117 cm³/mol. The molecule has 0 rings (SSSR count). The zero-order valence-corrected chi connectivity index (χ0v) is 17.9. The molecule has 2 unspecified atom stereocenters. The monoisotopic (exact) mass is 431 g/mol. The number of carbonyl (C=O) groups excluding carboxylic acids is 2. The Morgan fingerprint density at radius 3 is 2.17 bits per heavy atom. The number of rotatable bonds is 19.